The Morgan fingerprint density at radius 1 is 0.506 bits per heavy atom. The molecule has 83 heavy (non-hydrogen) atoms. The summed E-state index contributed by atoms with van der Waals surface area (Å²) >= 11 is 6.48. The highest BCUT2D eigenvalue weighted by molar-refractivity contribution is 9.10. The third kappa shape index (κ3) is 12.7. The molecule has 6 aromatic heterocycles. The van der Waals surface area contributed by atoms with E-state index in [1.807, 2.05) is 54.9 Å². The highest BCUT2D eigenvalue weighted by Crippen LogP contribution is 2.42. The van der Waals surface area contributed by atoms with Crippen molar-refractivity contribution in [2.45, 2.75) is 114 Å². The minimum absolute atomic E-state index is 0.0657. The van der Waals surface area contributed by atoms with E-state index in [0.29, 0.717) is 60.4 Å². The third-order valence-corrected chi connectivity index (χ3v) is 17.5. The predicted octanol–water partition coefficient (Wildman–Crippen LogP) is 10.2. The van der Waals surface area contributed by atoms with E-state index in [4.69, 9.17) is 30.8 Å². The normalized spacial score (nSPS) is 23.0. The number of anilines is 6. The van der Waals surface area contributed by atoms with E-state index in [9.17, 15) is 5.11 Å². The number of halogens is 2. The Bertz CT molecular complexity index is 3490. The smallest absolute Gasteiger partial charge is 0.215 e. The molecule has 8 aromatic rings. The van der Waals surface area contributed by atoms with Gasteiger partial charge in [0.1, 0.15) is 39.0 Å². The van der Waals surface area contributed by atoms with Crippen molar-refractivity contribution in [1.82, 2.24) is 40.3 Å². The van der Waals surface area contributed by atoms with Crippen molar-refractivity contribution in [2.75, 3.05) is 57.2 Å². The summed E-state index contributed by atoms with van der Waals surface area (Å²) < 4.78 is 19.8. The van der Waals surface area contributed by atoms with Gasteiger partial charge in [-0.15, -0.1) is 20.4 Å². The fourth-order valence-electron chi connectivity index (χ4n) is 12.2. The molecule has 6 aliphatic rings. The maximum absolute atomic E-state index is 9.54. The molecule has 2 aromatic carbocycles. The largest absolute Gasteiger partial charge is 0.506 e. The summed E-state index contributed by atoms with van der Waals surface area (Å²) in [6.45, 7) is 7.71. The molecule has 4 bridgehead atoms. The standard InChI is InChI=1S/C31H32BrN7O2.C26H30N6O2.C5H4BrNO/c1-19-4-2-3-5-26(19)27-15-28(31(33)37-36-27)38-17-21-6-7-22(18-38)39(21)20-10-11-34-30(12-20)41-25-13-24(14-25)40-23-8-9-29(32)35-16-23;1-16-4-2-3-5-22(16)23-13-24(26(27)30-29-23)31-14-18-6-7-19(15-31)32(18)17-8-9-28-25(10-17)34-21-11-20(33)12-21;6-5-2-1-4(8)3-7-5/h2-5,8-12,15-16,21-22,24-25H,6-7,13-14,17-18H2,1H3,(H2,33,37);2-5,8-10,13,18-21,33H,6-7,11-12,14-15H2,1H3,(H2,27,30);1-3,8H. The van der Waals surface area contributed by atoms with Crippen LogP contribution in [-0.4, -0.2) is 125 Å². The molecule has 4 unspecified atom stereocenters. The number of piperazine rings is 2. The molecule has 0 amide bonds. The number of hydrogen-bond donors (Lipinski definition) is 4. The third-order valence-electron chi connectivity index (χ3n) is 16.5. The maximum atomic E-state index is 9.54. The molecular weight excluding hydrogens is 1180 g/mol. The number of benzene rings is 2. The molecule has 14 rings (SSSR count). The van der Waals surface area contributed by atoms with Gasteiger partial charge in [-0.05, 0) is 131 Å². The van der Waals surface area contributed by atoms with Gasteiger partial charge >= 0.3 is 0 Å². The Labute approximate surface area is 499 Å². The number of aliphatic hydroxyl groups is 1. The fourth-order valence-corrected chi connectivity index (χ4v) is 12.7. The topological polar surface area (TPSA) is 236 Å². The number of nitrogens with two attached hydrogens (primary N) is 2. The van der Waals surface area contributed by atoms with Crippen molar-refractivity contribution in [3.63, 3.8) is 0 Å². The number of fused-ring (bicyclic) bond motifs is 4. The summed E-state index contributed by atoms with van der Waals surface area (Å²) in [5.74, 6) is 3.24. The first-order valence-electron chi connectivity index (χ1n) is 28.3. The van der Waals surface area contributed by atoms with Gasteiger partial charge in [0.25, 0.3) is 0 Å². The highest BCUT2D eigenvalue weighted by Gasteiger charge is 2.43. The summed E-state index contributed by atoms with van der Waals surface area (Å²) in [5, 5.41) is 35.6. The molecule has 4 atom stereocenters. The lowest BCUT2D eigenvalue weighted by atomic mass is 9.92. The summed E-state index contributed by atoms with van der Waals surface area (Å²) in [4.78, 5) is 26.7. The Kier molecular flexibility index (Phi) is 16.4. The molecule has 4 aliphatic heterocycles. The van der Waals surface area contributed by atoms with Crippen LogP contribution in [0, 0.1) is 13.8 Å². The number of rotatable bonds is 12. The van der Waals surface area contributed by atoms with Crippen LogP contribution in [-0.2, 0) is 0 Å². The second kappa shape index (κ2) is 24.5. The Hall–Kier alpha value is -7.88. The molecule has 19 nitrogen and oxygen atoms in total. The van der Waals surface area contributed by atoms with Crippen LogP contribution in [0.3, 0.4) is 0 Å². The molecule has 428 valence electrons. The van der Waals surface area contributed by atoms with Gasteiger partial charge in [-0.1, -0.05) is 48.5 Å². The molecule has 0 spiro atoms. The Morgan fingerprint density at radius 3 is 1.37 bits per heavy atom. The number of pyridine rings is 4. The van der Waals surface area contributed by atoms with E-state index in [1.165, 1.54) is 17.3 Å². The quantitative estimate of drug-likeness (QED) is 0.0832. The van der Waals surface area contributed by atoms with Crippen LogP contribution in [0.15, 0.2) is 143 Å². The zero-order valence-corrected chi connectivity index (χ0v) is 49.4. The molecule has 2 aliphatic carbocycles. The number of aromatic hydroxyl groups is 1. The van der Waals surface area contributed by atoms with Crippen LogP contribution in [0.1, 0.15) is 62.5 Å². The lowest BCUT2D eigenvalue weighted by Gasteiger charge is -2.43. The van der Waals surface area contributed by atoms with Crippen molar-refractivity contribution in [3.8, 4) is 45.8 Å². The fraction of sp³-hybridized carbons (Fsp3) is 0.355. The number of nitrogens with zero attached hydrogens (tertiary/aromatic N) is 12. The first kappa shape index (κ1) is 55.6. The highest BCUT2D eigenvalue weighted by atomic mass is 79.9. The summed E-state index contributed by atoms with van der Waals surface area (Å²) in [5.41, 5.74) is 23.2. The first-order valence-corrected chi connectivity index (χ1v) is 29.9. The van der Waals surface area contributed by atoms with Crippen LogP contribution in [0.25, 0.3) is 22.5 Å². The molecule has 2 saturated carbocycles. The predicted molar refractivity (Wildman–Crippen MR) is 328 cm³/mol. The summed E-state index contributed by atoms with van der Waals surface area (Å²) in [6, 6.07) is 37.5. The first-order chi connectivity index (χ1) is 40.3. The van der Waals surface area contributed by atoms with Gasteiger partial charge in [-0.2, -0.15) is 0 Å². The van der Waals surface area contributed by atoms with E-state index in [-0.39, 0.29) is 30.2 Å². The van der Waals surface area contributed by atoms with Gasteiger partial charge in [0.15, 0.2) is 11.6 Å². The van der Waals surface area contributed by atoms with E-state index < -0.39 is 0 Å². The lowest BCUT2D eigenvalue weighted by Crippen LogP contribution is -2.54. The second-order valence-corrected chi connectivity index (χ2v) is 23.8. The minimum Gasteiger partial charge on any atom is -0.506 e. The SMILES string of the molecule is Cc1ccccc1-c1cc(N2CC3CCC(C2)N3c2ccnc(OC3CC(O)C3)c2)c(N)nn1.Cc1ccccc1-c1cc(N2CC3CCC(C2)N3c2ccnc(OC3CC(Oc4ccc(Br)nc4)C3)c2)c(N)nn1.Oc1ccc(Br)nc1. The molecule has 4 saturated heterocycles. The van der Waals surface area contributed by atoms with Gasteiger partial charge in [0.05, 0.1) is 41.3 Å². The molecule has 6 fully saturated rings. The van der Waals surface area contributed by atoms with E-state index >= 15 is 0 Å². The number of aromatic nitrogens is 8. The Balaban J connectivity index is 0.000000146. The number of nitrogen functional groups attached to an aromatic ring is 2. The van der Waals surface area contributed by atoms with Crippen molar-refractivity contribution in [3.05, 3.63) is 154 Å². The van der Waals surface area contributed by atoms with E-state index in [2.05, 4.69) is 160 Å². The van der Waals surface area contributed by atoms with Crippen molar-refractivity contribution < 1.29 is 24.4 Å². The average Bonchev–Trinajstić information content (AvgIpc) is 3.99. The second-order valence-electron chi connectivity index (χ2n) is 22.2. The van der Waals surface area contributed by atoms with Gasteiger partial charge in [0, 0.05) is 123 Å². The number of aryl methyl sites for hydroxylation is 2. The zero-order valence-electron chi connectivity index (χ0n) is 46.2. The molecule has 0 radical (unpaired) electrons. The van der Waals surface area contributed by atoms with E-state index in [0.717, 1.165) is 125 Å². The monoisotopic (exact) mass is 1240 g/mol. The summed E-state index contributed by atoms with van der Waals surface area (Å²) in [6.07, 6.45) is 14.4. The molecule has 21 heteroatoms. The van der Waals surface area contributed by atoms with Crippen molar-refractivity contribution >= 4 is 66.2 Å². The molecule has 10 heterocycles. The Morgan fingerprint density at radius 2 is 0.952 bits per heavy atom. The van der Waals surface area contributed by atoms with Crippen molar-refractivity contribution in [1.29, 1.82) is 0 Å². The maximum Gasteiger partial charge on any atom is 0.215 e. The zero-order chi connectivity index (χ0) is 57.1. The van der Waals surface area contributed by atoms with Gasteiger partial charge in [-0.25, -0.2) is 19.9 Å². The number of ether oxygens (including phenoxy) is 3. The molecular formula is C62H66Br2N14O5. The summed E-state index contributed by atoms with van der Waals surface area (Å²) in [7, 11) is 0. The van der Waals surface area contributed by atoms with E-state index in [1.54, 1.807) is 18.3 Å². The minimum atomic E-state index is -0.237. The van der Waals surface area contributed by atoms with Crippen LogP contribution in [0.5, 0.6) is 23.3 Å². The van der Waals surface area contributed by atoms with Crippen molar-refractivity contribution in [2.24, 2.45) is 0 Å². The van der Waals surface area contributed by atoms with Gasteiger partial charge in [-0.3, -0.25) is 0 Å². The number of hydrogen-bond acceptors (Lipinski definition) is 19. The van der Waals surface area contributed by atoms with Crippen LogP contribution >= 0.6 is 31.9 Å². The van der Waals surface area contributed by atoms with Gasteiger partial charge in [0.2, 0.25) is 11.8 Å². The molecule has 6 N–H and O–H groups in total. The number of aliphatic hydroxyl groups excluding tert-OH is 1. The lowest BCUT2D eigenvalue weighted by molar-refractivity contribution is -0.0128. The van der Waals surface area contributed by atoms with Crippen LogP contribution < -0.4 is 45.3 Å². The van der Waals surface area contributed by atoms with Gasteiger partial charge < -0.3 is 55.5 Å². The van der Waals surface area contributed by atoms with Crippen LogP contribution in [0.4, 0.5) is 34.4 Å². The average molecular weight is 1250 g/mol. The van der Waals surface area contributed by atoms with Crippen LogP contribution in [0.2, 0.25) is 0 Å².